The molecule has 0 radical (unpaired) electrons. The molecule has 0 amide bonds. The van der Waals surface area contributed by atoms with Crippen LogP contribution >= 0.6 is 15.8 Å². The Morgan fingerprint density at radius 1 is 0.339 bits per heavy atom. The molecule has 0 N–H and O–H groups in total. The average molecular weight is 771 g/mol. The molecule has 0 unspecified atom stereocenters. The summed E-state index contributed by atoms with van der Waals surface area (Å²) in [6.45, 7) is 4.59. The highest BCUT2D eigenvalue weighted by Gasteiger charge is 2.31. The van der Waals surface area contributed by atoms with E-state index in [1.165, 1.54) is 75.6 Å². The molecule has 8 aromatic rings. The van der Waals surface area contributed by atoms with Crippen molar-refractivity contribution in [3.05, 3.63) is 169 Å². The van der Waals surface area contributed by atoms with Gasteiger partial charge in [0, 0.05) is 0 Å². The molecule has 4 nitrogen and oxygen atoms in total. The van der Waals surface area contributed by atoms with Gasteiger partial charge in [-0.25, -0.2) is 0 Å². The van der Waals surface area contributed by atoms with Crippen molar-refractivity contribution in [1.29, 1.82) is 0 Å². The van der Waals surface area contributed by atoms with E-state index in [0.717, 1.165) is 23.0 Å². The predicted octanol–water partition coefficient (Wildman–Crippen LogP) is 9.83. The third-order valence-electron chi connectivity index (χ3n) is 10.4. The van der Waals surface area contributed by atoms with Crippen LogP contribution in [0.25, 0.3) is 32.7 Å². The Morgan fingerprint density at radius 3 is 0.875 bits per heavy atom. The fraction of sp³-hybridized carbons (Fsp3) is 0.120. The zero-order valence-corrected chi connectivity index (χ0v) is 34.3. The smallest absolute Gasteiger partial charge is 0.118 e. The number of methoxy groups -OCH3 is 4. The lowest BCUT2D eigenvalue weighted by atomic mass is 9.91. The van der Waals surface area contributed by atoms with Crippen LogP contribution in [-0.2, 0) is 0 Å². The van der Waals surface area contributed by atoms with E-state index in [9.17, 15) is 0 Å². The summed E-state index contributed by atoms with van der Waals surface area (Å²) in [5.74, 6) is 3.35. The maximum Gasteiger partial charge on any atom is 0.118 e. The molecule has 278 valence electrons. The van der Waals surface area contributed by atoms with Crippen LogP contribution in [0.4, 0.5) is 0 Å². The normalized spacial score (nSPS) is 11.4. The minimum Gasteiger partial charge on any atom is -0.497 e. The molecule has 0 aliphatic rings. The average Bonchev–Trinajstić information content (AvgIpc) is 3.25. The highest BCUT2D eigenvalue weighted by molar-refractivity contribution is 7.81. The van der Waals surface area contributed by atoms with Gasteiger partial charge >= 0.3 is 0 Å². The van der Waals surface area contributed by atoms with E-state index in [0.29, 0.717) is 0 Å². The third kappa shape index (κ3) is 7.01. The van der Waals surface area contributed by atoms with Gasteiger partial charge < -0.3 is 18.9 Å². The van der Waals surface area contributed by atoms with Gasteiger partial charge in [-0.15, -0.1) is 0 Å². The molecule has 0 saturated heterocycles. The lowest BCUT2D eigenvalue weighted by Gasteiger charge is -2.31. The Kier molecular flexibility index (Phi) is 10.8. The van der Waals surface area contributed by atoms with E-state index in [1.54, 1.807) is 28.4 Å². The van der Waals surface area contributed by atoms with Crippen LogP contribution in [0.1, 0.15) is 11.1 Å². The molecule has 0 aromatic heterocycles. The zero-order valence-electron chi connectivity index (χ0n) is 32.5. The molecule has 8 rings (SSSR count). The minimum atomic E-state index is -1.07. The monoisotopic (exact) mass is 770 g/mol. The number of hydrogen-bond acceptors (Lipinski definition) is 4. The van der Waals surface area contributed by atoms with Crippen LogP contribution in [0.5, 0.6) is 23.0 Å². The summed E-state index contributed by atoms with van der Waals surface area (Å²) in [5, 5.41) is 12.6. The lowest BCUT2D eigenvalue weighted by molar-refractivity contribution is 0.415. The van der Waals surface area contributed by atoms with Crippen LogP contribution in [0, 0.1) is 13.8 Å². The highest BCUT2D eigenvalue weighted by atomic mass is 31.1. The fourth-order valence-electron chi connectivity index (χ4n) is 7.78. The topological polar surface area (TPSA) is 36.9 Å². The van der Waals surface area contributed by atoms with Gasteiger partial charge in [0.05, 0.1) is 28.4 Å². The number of benzene rings is 8. The van der Waals surface area contributed by atoms with Crippen molar-refractivity contribution in [2.45, 2.75) is 13.8 Å². The SMILES string of the molecule is COc1ccc(P(c2ccc(OC)cc2)c2c(C)cc3ccccc3c2-c2c(P(c3ccc(OC)cc3)c3ccc(OC)cc3)c(C)cc3ccccc23)cc1. The van der Waals surface area contributed by atoms with Crippen molar-refractivity contribution in [2.75, 3.05) is 28.4 Å². The van der Waals surface area contributed by atoms with Crippen molar-refractivity contribution in [1.82, 2.24) is 0 Å². The summed E-state index contributed by atoms with van der Waals surface area (Å²) < 4.78 is 22.6. The van der Waals surface area contributed by atoms with Crippen LogP contribution in [0.15, 0.2) is 158 Å². The molecular formula is C50H44O4P2. The van der Waals surface area contributed by atoms with Crippen molar-refractivity contribution in [3.8, 4) is 34.1 Å². The first kappa shape index (κ1) is 37.3. The van der Waals surface area contributed by atoms with E-state index < -0.39 is 15.8 Å². The van der Waals surface area contributed by atoms with Gasteiger partial charge in [-0.05, 0) is 154 Å². The lowest BCUT2D eigenvalue weighted by Crippen LogP contribution is -2.28. The summed E-state index contributed by atoms with van der Waals surface area (Å²) in [7, 11) is 4.74. The van der Waals surface area contributed by atoms with Crippen LogP contribution in [-0.4, -0.2) is 28.4 Å². The Morgan fingerprint density at radius 2 is 0.607 bits per heavy atom. The van der Waals surface area contributed by atoms with Gasteiger partial charge in [-0.3, -0.25) is 0 Å². The van der Waals surface area contributed by atoms with Gasteiger partial charge in [0.1, 0.15) is 23.0 Å². The molecule has 8 aromatic carbocycles. The summed E-state index contributed by atoms with van der Waals surface area (Å²) >= 11 is 0. The quantitative estimate of drug-likeness (QED) is 0.123. The standard InChI is InChI=1S/C50H44O4P2/c1-33-31-35-11-7-9-13-45(35)47(49(33)55(41-23-15-37(51-3)16-24-41)42-25-17-38(52-4)18-26-42)48-46-14-10-8-12-36(46)32-34(2)50(48)56(43-27-19-39(53-5)20-28-43)44-29-21-40(54-6)22-30-44/h7-32H,1-6H3. The van der Waals surface area contributed by atoms with Crippen LogP contribution in [0.2, 0.25) is 0 Å². The van der Waals surface area contributed by atoms with Gasteiger partial charge in [-0.2, -0.15) is 0 Å². The Balaban J connectivity index is 1.54. The summed E-state index contributed by atoms with van der Waals surface area (Å²) in [5.41, 5.74) is 5.07. The second-order valence-electron chi connectivity index (χ2n) is 13.7. The van der Waals surface area contributed by atoms with Gasteiger partial charge in [0.2, 0.25) is 0 Å². The van der Waals surface area contributed by atoms with E-state index in [4.69, 9.17) is 18.9 Å². The van der Waals surface area contributed by atoms with E-state index in [1.807, 2.05) is 0 Å². The maximum absolute atomic E-state index is 5.66. The number of fused-ring (bicyclic) bond motifs is 2. The summed E-state index contributed by atoms with van der Waals surface area (Å²) in [6, 6.07) is 57.2. The van der Waals surface area contributed by atoms with Crippen LogP contribution < -0.4 is 50.8 Å². The number of aryl methyl sites for hydroxylation is 2. The summed E-state index contributed by atoms with van der Waals surface area (Å²) in [6.07, 6.45) is 0. The first-order valence-electron chi connectivity index (χ1n) is 18.6. The highest BCUT2D eigenvalue weighted by Crippen LogP contribution is 2.48. The predicted molar refractivity (Wildman–Crippen MR) is 240 cm³/mol. The Labute approximate surface area is 332 Å². The van der Waals surface area contributed by atoms with Crippen molar-refractivity contribution in [3.63, 3.8) is 0 Å². The van der Waals surface area contributed by atoms with Crippen LogP contribution in [0.3, 0.4) is 0 Å². The number of rotatable bonds is 11. The molecule has 0 spiro atoms. The van der Waals surface area contributed by atoms with Crippen molar-refractivity contribution in [2.24, 2.45) is 0 Å². The molecule has 0 heterocycles. The first-order valence-corrected chi connectivity index (χ1v) is 21.3. The molecule has 0 atom stereocenters. The molecular weight excluding hydrogens is 726 g/mol. The van der Waals surface area contributed by atoms with E-state index in [2.05, 4.69) is 172 Å². The van der Waals surface area contributed by atoms with Gasteiger partial charge in [0.25, 0.3) is 0 Å². The molecule has 6 heteroatoms. The second kappa shape index (κ2) is 16.2. The molecule has 0 aliphatic carbocycles. The second-order valence-corrected chi connectivity index (χ2v) is 18.0. The molecule has 0 saturated carbocycles. The zero-order chi connectivity index (χ0) is 38.8. The summed E-state index contributed by atoms with van der Waals surface area (Å²) in [4.78, 5) is 0. The Bertz CT molecular complexity index is 2350. The maximum atomic E-state index is 5.66. The first-order chi connectivity index (χ1) is 27.4. The number of hydrogen-bond donors (Lipinski definition) is 0. The largest absolute Gasteiger partial charge is 0.497 e. The Hall–Kier alpha value is -5.66. The van der Waals surface area contributed by atoms with E-state index in [-0.39, 0.29) is 0 Å². The number of ether oxygens (including phenoxy) is 4. The van der Waals surface area contributed by atoms with Crippen molar-refractivity contribution >= 4 is 69.2 Å². The molecule has 56 heavy (non-hydrogen) atoms. The van der Waals surface area contributed by atoms with E-state index >= 15 is 0 Å². The van der Waals surface area contributed by atoms with Gasteiger partial charge in [0.15, 0.2) is 0 Å². The molecule has 0 bridgehead atoms. The van der Waals surface area contributed by atoms with Gasteiger partial charge in [-0.1, -0.05) is 109 Å². The van der Waals surface area contributed by atoms with Crippen molar-refractivity contribution < 1.29 is 18.9 Å². The minimum absolute atomic E-state index is 0.838. The molecule has 0 aliphatic heterocycles. The third-order valence-corrected chi connectivity index (χ3v) is 15.7. The molecule has 0 fully saturated rings. The fourth-order valence-corrected chi connectivity index (χ4v) is 12.9.